The average Bonchev–Trinajstić information content (AvgIpc) is 3.08. The van der Waals surface area contributed by atoms with Crippen LogP contribution in [0.2, 0.25) is 0 Å². The SMILES string of the molecule is Cc1ccc(OCNC(=O)c2cc(-n3c(C)n[nH]c3=S)c3ccccc3c2O)c(C)c1. The predicted octanol–water partition coefficient (Wildman–Crippen LogP) is 4.48. The Kier molecular flexibility index (Phi) is 5.48. The lowest BCUT2D eigenvalue weighted by Gasteiger charge is -2.15. The first-order valence-electron chi connectivity index (χ1n) is 9.74. The van der Waals surface area contributed by atoms with Gasteiger partial charge in [-0.2, -0.15) is 5.10 Å². The van der Waals surface area contributed by atoms with E-state index >= 15 is 0 Å². The molecule has 0 saturated carbocycles. The Balaban J connectivity index is 1.68. The number of ether oxygens (including phenoxy) is 1. The Morgan fingerprint density at radius 3 is 2.58 bits per heavy atom. The minimum Gasteiger partial charge on any atom is -0.506 e. The summed E-state index contributed by atoms with van der Waals surface area (Å²) in [7, 11) is 0. The van der Waals surface area contributed by atoms with Crippen LogP contribution >= 0.6 is 12.2 Å². The molecule has 0 aliphatic heterocycles. The van der Waals surface area contributed by atoms with Crippen molar-refractivity contribution >= 4 is 28.9 Å². The Morgan fingerprint density at radius 1 is 1.16 bits per heavy atom. The molecule has 7 nitrogen and oxygen atoms in total. The predicted molar refractivity (Wildman–Crippen MR) is 122 cm³/mol. The second kappa shape index (κ2) is 8.23. The van der Waals surface area contributed by atoms with E-state index in [1.807, 2.05) is 51.1 Å². The van der Waals surface area contributed by atoms with Gasteiger partial charge in [0.25, 0.3) is 5.91 Å². The fourth-order valence-corrected chi connectivity index (χ4v) is 3.87. The molecule has 1 heterocycles. The van der Waals surface area contributed by atoms with Gasteiger partial charge < -0.3 is 15.2 Å². The minimum absolute atomic E-state index is 0.0332. The Bertz CT molecular complexity index is 1360. The molecule has 0 atom stereocenters. The maximum atomic E-state index is 12.9. The van der Waals surface area contributed by atoms with Crippen LogP contribution in [-0.2, 0) is 0 Å². The first-order chi connectivity index (χ1) is 14.9. The molecule has 1 amide bonds. The van der Waals surface area contributed by atoms with Crippen molar-refractivity contribution in [3.8, 4) is 17.2 Å². The van der Waals surface area contributed by atoms with E-state index < -0.39 is 5.91 Å². The summed E-state index contributed by atoms with van der Waals surface area (Å²) in [5.41, 5.74) is 2.90. The molecule has 0 radical (unpaired) electrons. The Morgan fingerprint density at radius 2 is 1.90 bits per heavy atom. The van der Waals surface area contributed by atoms with Crippen LogP contribution in [-0.4, -0.2) is 32.5 Å². The van der Waals surface area contributed by atoms with Crippen molar-refractivity contribution in [3.05, 3.63) is 75.8 Å². The molecule has 0 spiro atoms. The zero-order valence-corrected chi connectivity index (χ0v) is 18.2. The van der Waals surface area contributed by atoms with Crippen molar-refractivity contribution in [2.24, 2.45) is 0 Å². The number of rotatable bonds is 5. The average molecular weight is 435 g/mol. The molecule has 0 saturated heterocycles. The highest BCUT2D eigenvalue weighted by molar-refractivity contribution is 7.71. The molecule has 4 aromatic rings. The summed E-state index contributed by atoms with van der Waals surface area (Å²) < 4.78 is 7.84. The first-order valence-corrected chi connectivity index (χ1v) is 10.1. The highest BCUT2D eigenvalue weighted by Gasteiger charge is 2.19. The number of carbonyl (C=O) groups excluding carboxylic acids is 1. The molecule has 0 unspecified atom stereocenters. The van der Waals surface area contributed by atoms with Crippen molar-refractivity contribution in [2.75, 3.05) is 6.73 Å². The smallest absolute Gasteiger partial charge is 0.257 e. The minimum atomic E-state index is -0.457. The number of hydrogen-bond acceptors (Lipinski definition) is 5. The zero-order chi connectivity index (χ0) is 22.1. The monoisotopic (exact) mass is 434 g/mol. The molecular weight excluding hydrogens is 412 g/mol. The van der Waals surface area contributed by atoms with Gasteiger partial charge in [-0.15, -0.1) is 0 Å². The van der Waals surface area contributed by atoms with Gasteiger partial charge in [-0.05, 0) is 50.7 Å². The van der Waals surface area contributed by atoms with E-state index in [-0.39, 0.29) is 18.0 Å². The van der Waals surface area contributed by atoms with E-state index in [0.717, 1.165) is 16.5 Å². The lowest BCUT2D eigenvalue weighted by molar-refractivity contribution is 0.0916. The molecule has 1 aromatic heterocycles. The number of hydrogen-bond donors (Lipinski definition) is 3. The van der Waals surface area contributed by atoms with Crippen LogP contribution in [0.3, 0.4) is 0 Å². The lowest BCUT2D eigenvalue weighted by Crippen LogP contribution is -2.28. The highest BCUT2D eigenvalue weighted by Crippen LogP contribution is 2.34. The standard InChI is InChI=1S/C23H22N4O3S/c1-13-8-9-20(14(2)10-13)30-12-24-22(29)18-11-19(27-15(3)25-26-23(27)31)16-6-4-5-7-17(16)21(18)28/h4-11,28H,12H2,1-3H3,(H,24,29)(H,26,31). The quantitative estimate of drug-likeness (QED) is 0.318. The maximum Gasteiger partial charge on any atom is 0.257 e. The molecule has 0 aliphatic rings. The summed E-state index contributed by atoms with van der Waals surface area (Å²) in [5, 5.41) is 21.7. The molecule has 4 rings (SSSR count). The van der Waals surface area contributed by atoms with Gasteiger partial charge in [-0.1, -0.05) is 42.0 Å². The number of aryl methyl sites for hydroxylation is 3. The van der Waals surface area contributed by atoms with Crippen molar-refractivity contribution in [3.63, 3.8) is 0 Å². The number of fused-ring (bicyclic) bond motifs is 1. The summed E-state index contributed by atoms with van der Waals surface area (Å²) in [6.45, 7) is 5.73. The molecule has 158 valence electrons. The molecule has 8 heteroatoms. The van der Waals surface area contributed by atoms with Gasteiger partial charge in [0, 0.05) is 10.8 Å². The third-order valence-corrected chi connectivity index (χ3v) is 5.38. The molecule has 3 N–H and O–H groups in total. The van der Waals surface area contributed by atoms with Crippen LogP contribution in [0.4, 0.5) is 0 Å². The van der Waals surface area contributed by atoms with E-state index in [0.29, 0.717) is 27.4 Å². The number of aromatic hydroxyl groups is 1. The second-order valence-electron chi connectivity index (χ2n) is 7.31. The van der Waals surface area contributed by atoms with Gasteiger partial charge in [-0.25, -0.2) is 0 Å². The van der Waals surface area contributed by atoms with Gasteiger partial charge >= 0.3 is 0 Å². The topological polar surface area (TPSA) is 92.2 Å². The molecule has 31 heavy (non-hydrogen) atoms. The van der Waals surface area contributed by atoms with Crippen molar-refractivity contribution in [1.82, 2.24) is 20.1 Å². The third-order valence-electron chi connectivity index (χ3n) is 5.11. The summed E-state index contributed by atoms with van der Waals surface area (Å²) in [4.78, 5) is 12.9. The number of aromatic amines is 1. The Labute approximate surface area is 184 Å². The third kappa shape index (κ3) is 3.89. The number of aromatic nitrogens is 3. The first kappa shape index (κ1) is 20.6. The number of phenolic OH excluding ortho intramolecular Hbond substituents is 1. The molecular formula is C23H22N4O3S. The summed E-state index contributed by atoms with van der Waals surface area (Å²) in [6.07, 6.45) is 0. The molecule has 0 aliphatic carbocycles. The fraction of sp³-hybridized carbons (Fsp3) is 0.174. The number of benzene rings is 3. The van der Waals surface area contributed by atoms with Crippen molar-refractivity contribution < 1.29 is 14.6 Å². The van der Waals surface area contributed by atoms with Crippen LogP contribution < -0.4 is 10.1 Å². The van der Waals surface area contributed by atoms with Gasteiger partial charge in [0.05, 0.1) is 11.3 Å². The number of amides is 1. The second-order valence-corrected chi connectivity index (χ2v) is 7.70. The maximum absolute atomic E-state index is 12.9. The largest absolute Gasteiger partial charge is 0.506 e. The van der Waals surface area contributed by atoms with E-state index in [4.69, 9.17) is 17.0 Å². The van der Waals surface area contributed by atoms with E-state index in [1.165, 1.54) is 0 Å². The van der Waals surface area contributed by atoms with Crippen LogP contribution in [0.5, 0.6) is 11.5 Å². The molecule has 0 bridgehead atoms. The van der Waals surface area contributed by atoms with E-state index in [1.54, 1.807) is 22.8 Å². The van der Waals surface area contributed by atoms with Crippen LogP contribution in [0, 0.1) is 25.5 Å². The summed E-state index contributed by atoms with van der Waals surface area (Å²) in [5.74, 6) is 0.776. The summed E-state index contributed by atoms with van der Waals surface area (Å²) in [6, 6.07) is 14.7. The van der Waals surface area contributed by atoms with Crippen LogP contribution in [0.1, 0.15) is 27.3 Å². The number of nitrogens with one attached hydrogen (secondary N) is 2. The fourth-order valence-electron chi connectivity index (χ4n) is 3.59. The van der Waals surface area contributed by atoms with Gasteiger partial charge in [0.15, 0.2) is 11.5 Å². The number of carbonyl (C=O) groups is 1. The lowest BCUT2D eigenvalue weighted by atomic mass is 10.0. The number of H-pyrrole nitrogens is 1. The van der Waals surface area contributed by atoms with Crippen molar-refractivity contribution in [2.45, 2.75) is 20.8 Å². The normalized spacial score (nSPS) is 10.9. The number of nitrogens with zero attached hydrogens (tertiary/aromatic N) is 2. The van der Waals surface area contributed by atoms with Crippen LogP contribution in [0.25, 0.3) is 16.5 Å². The summed E-state index contributed by atoms with van der Waals surface area (Å²) >= 11 is 5.37. The van der Waals surface area contributed by atoms with Gasteiger partial charge in [0.1, 0.15) is 17.3 Å². The van der Waals surface area contributed by atoms with Gasteiger partial charge in [0.2, 0.25) is 0 Å². The van der Waals surface area contributed by atoms with Crippen molar-refractivity contribution in [1.29, 1.82) is 0 Å². The number of phenols is 1. The van der Waals surface area contributed by atoms with E-state index in [2.05, 4.69) is 15.5 Å². The van der Waals surface area contributed by atoms with Crippen LogP contribution in [0.15, 0.2) is 48.5 Å². The molecule has 0 fully saturated rings. The highest BCUT2D eigenvalue weighted by atomic mass is 32.1. The Hall–Kier alpha value is -3.65. The zero-order valence-electron chi connectivity index (χ0n) is 17.4. The van der Waals surface area contributed by atoms with E-state index in [9.17, 15) is 9.90 Å². The molecule has 3 aromatic carbocycles. The van der Waals surface area contributed by atoms with Gasteiger partial charge in [-0.3, -0.25) is 14.5 Å².